The molecule has 0 aromatic heterocycles. The molecule has 0 radical (unpaired) electrons. The summed E-state index contributed by atoms with van der Waals surface area (Å²) in [5.41, 5.74) is 3.40. The number of halogens is 2. The van der Waals surface area contributed by atoms with Crippen molar-refractivity contribution in [2.24, 2.45) is 0 Å². The Hall–Kier alpha value is -0.810. The molecule has 2 heterocycles. The lowest BCUT2D eigenvalue weighted by atomic mass is 10.0. The zero-order valence-corrected chi connectivity index (χ0v) is 14.8. The Morgan fingerprint density at radius 2 is 1.74 bits per heavy atom. The normalized spacial score (nSPS) is 21.0. The minimum atomic E-state index is 0. The van der Waals surface area contributed by atoms with Crippen molar-refractivity contribution in [2.75, 3.05) is 13.1 Å². The fourth-order valence-electron chi connectivity index (χ4n) is 3.55. The summed E-state index contributed by atoms with van der Waals surface area (Å²) in [7, 11) is 0. The quantitative estimate of drug-likeness (QED) is 0.873. The monoisotopic (exact) mass is 357 g/mol. The highest BCUT2D eigenvalue weighted by atomic mass is 35.5. The molecule has 2 N–H and O–H groups in total. The van der Waals surface area contributed by atoms with Gasteiger partial charge in [0.25, 0.3) is 5.91 Å². The summed E-state index contributed by atoms with van der Waals surface area (Å²) in [5.74, 6) is 0.0922. The Kier molecular flexibility index (Phi) is 6.32. The van der Waals surface area contributed by atoms with E-state index in [1.54, 1.807) is 0 Å². The number of nitrogens with one attached hydrogen (secondary N) is 2. The number of hydrogen-bond donors (Lipinski definition) is 2. The van der Waals surface area contributed by atoms with E-state index in [1.807, 2.05) is 12.1 Å². The molecule has 0 bridgehead atoms. The van der Waals surface area contributed by atoms with E-state index < -0.39 is 0 Å². The minimum absolute atomic E-state index is 0. The molecule has 1 aliphatic carbocycles. The number of carbonyl (C=O) groups is 1. The van der Waals surface area contributed by atoms with Crippen LogP contribution in [0.1, 0.15) is 47.2 Å². The van der Waals surface area contributed by atoms with Gasteiger partial charge in [0.15, 0.2) is 0 Å². The first-order valence-corrected chi connectivity index (χ1v) is 8.17. The van der Waals surface area contributed by atoms with E-state index >= 15 is 0 Å². The first kappa shape index (κ1) is 18.5. The highest BCUT2D eigenvalue weighted by molar-refractivity contribution is 5.94. The Labute approximate surface area is 150 Å². The number of piperidine rings is 1. The van der Waals surface area contributed by atoms with E-state index in [1.165, 1.54) is 24.0 Å². The lowest BCUT2D eigenvalue weighted by Crippen LogP contribution is -2.45. The maximum atomic E-state index is 12.4. The average Bonchev–Trinajstić information content (AvgIpc) is 3.25. The van der Waals surface area contributed by atoms with Gasteiger partial charge < -0.3 is 15.5 Å². The van der Waals surface area contributed by atoms with Crippen LogP contribution in [0.5, 0.6) is 0 Å². The lowest BCUT2D eigenvalue weighted by Gasteiger charge is -2.32. The molecule has 1 saturated heterocycles. The fourth-order valence-corrected chi connectivity index (χ4v) is 3.55. The number of amides is 1. The predicted molar refractivity (Wildman–Crippen MR) is 96.6 cm³/mol. The van der Waals surface area contributed by atoms with Crippen molar-refractivity contribution in [2.45, 2.75) is 50.9 Å². The van der Waals surface area contributed by atoms with Crippen molar-refractivity contribution >= 4 is 30.7 Å². The van der Waals surface area contributed by atoms with Gasteiger partial charge in [-0.15, -0.1) is 24.8 Å². The van der Waals surface area contributed by atoms with Gasteiger partial charge >= 0.3 is 0 Å². The molecular formula is C17H25Cl2N3O. The zero-order valence-electron chi connectivity index (χ0n) is 13.2. The Morgan fingerprint density at radius 1 is 1.04 bits per heavy atom. The predicted octanol–water partition coefficient (Wildman–Crippen LogP) is 2.49. The molecule has 4 nitrogen and oxygen atoms in total. The summed E-state index contributed by atoms with van der Waals surface area (Å²) >= 11 is 0. The molecule has 2 fully saturated rings. The Morgan fingerprint density at radius 3 is 2.43 bits per heavy atom. The molecule has 6 heteroatoms. The van der Waals surface area contributed by atoms with E-state index in [2.05, 4.69) is 21.6 Å². The molecule has 1 amide bonds. The van der Waals surface area contributed by atoms with Gasteiger partial charge in [0, 0.05) is 43.8 Å². The first-order chi connectivity index (χ1) is 10.3. The lowest BCUT2D eigenvalue weighted by molar-refractivity contribution is 0.0909. The second kappa shape index (κ2) is 7.84. The summed E-state index contributed by atoms with van der Waals surface area (Å²) in [5, 5.41) is 6.54. The van der Waals surface area contributed by atoms with Gasteiger partial charge in [-0.2, -0.15) is 0 Å². The van der Waals surface area contributed by atoms with Crippen molar-refractivity contribution in [1.29, 1.82) is 0 Å². The second-order valence-electron chi connectivity index (χ2n) is 6.60. The third kappa shape index (κ3) is 4.18. The maximum absolute atomic E-state index is 12.4. The summed E-state index contributed by atoms with van der Waals surface area (Å²) in [6.07, 6.45) is 4.93. The second-order valence-corrected chi connectivity index (χ2v) is 6.60. The highest BCUT2D eigenvalue weighted by Gasteiger charge is 2.32. The summed E-state index contributed by atoms with van der Waals surface area (Å²) in [4.78, 5) is 15.0. The van der Waals surface area contributed by atoms with Crippen LogP contribution in [0.4, 0.5) is 0 Å². The van der Waals surface area contributed by atoms with Gasteiger partial charge in [0.1, 0.15) is 0 Å². The third-order valence-corrected chi connectivity index (χ3v) is 5.03. The molecule has 2 aliphatic heterocycles. The number of rotatable bonds is 3. The van der Waals surface area contributed by atoms with Crippen molar-refractivity contribution in [3.8, 4) is 0 Å². The van der Waals surface area contributed by atoms with Gasteiger partial charge in [0.05, 0.1) is 0 Å². The van der Waals surface area contributed by atoms with Crippen molar-refractivity contribution in [3.05, 3.63) is 34.9 Å². The van der Waals surface area contributed by atoms with Crippen molar-refractivity contribution in [3.63, 3.8) is 0 Å². The van der Waals surface area contributed by atoms with E-state index in [9.17, 15) is 4.79 Å². The van der Waals surface area contributed by atoms with Gasteiger partial charge in [-0.3, -0.25) is 4.79 Å². The van der Waals surface area contributed by atoms with Gasteiger partial charge in [0.2, 0.25) is 0 Å². The molecule has 0 unspecified atom stereocenters. The summed E-state index contributed by atoms with van der Waals surface area (Å²) in [6.45, 7) is 4.10. The molecule has 0 spiro atoms. The van der Waals surface area contributed by atoms with Crippen LogP contribution in [0.15, 0.2) is 18.2 Å². The first-order valence-electron chi connectivity index (χ1n) is 8.17. The molecule has 1 aromatic rings. The average molecular weight is 358 g/mol. The third-order valence-electron chi connectivity index (χ3n) is 5.03. The topological polar surface area (TPSA) is 44.4 Å². The Bertz CT molecular complexity index is 555. The van der Waals surface area contributed by atoms with Crippen LogP contribution in [-0.2, 0) is 13.1 Å². The zero-order chi connectivity index (χ0) is 14.2. The van der Waals surface area contributed by atoms with E-state index in [-0.39, 0.29) is 30.7 Å². The minimum Gasteiger partial charge on any atom is -0.349 e. The molecule has 0 atom stereocenters. The van der Waals surface area contributed by atoms with E-state index in [4.69, 9.17) is 0 Å². The van der Waals surface area contributed by atoms with Gasteiger partial charge in [-0.25, -0.2) is 0 Å². The molecule has 1 saturated carbocycles. The standard InChI is InChI=1S/C17H23N3O.2ClH/c21-17(12-1-2-13-10-18-11-14(13)9-12)19-15-5-7-20(8-6-15)16-3-4-16;;/h1-2,9,15-16,18H,3-8,10-11H2,(H,19,21);2*1H. The summed E-state index contributed by atoms with van der Waals surface area (Å²) in [6, 6.07) is 7.29. The van der Waals surface area contributed by atoms with Crippen molar-refractivity contribution < 1.29 is 4.79 Å². The molecule has 128 valence electrons. The number of carbonyl (C=O) groups excluding carboxylic acids is 1. The fraction of sp³-hybridized carbons (Fsp3) is 0.588. The molecule has 1 aromatic carbocycles. The smallest absolute Gasteiger partial charge is 0.251 e. The molecular weight excluding hydrogens is 333 g/mol. The van der Waals surface area contributed by atoms with E-state index in [0.29, 0.717) is 6.04 Å². The van der Waals surface area contributed by atoms with Crippen LogP contribution in [-0.4, -0.2) is 36.0 Å². The number of hydrogen-bond acceptors (Lipinski definition) is 3. The molecule has 23 heavy (non-hydrogen) atoms. The van der Waals surface area contributed by atoms with Crippen LogP contribution in [0, 0.1) is 0 Å². The SMILES string of the molecule is Cl.Cl.O=C(NC1CCN(C2CC2)CC1)c1ccc2c(c1)CNC2. The molecule has 4 rings (SSSR count). The van der Waals surface area contributed by atoms with Gasteiger partial charge in [-0.05, 0) is 48.9 Å². The van der Waals surface area contributed by atoms with Crippen LogP contribution in [0.25, 0.3) is 0 Å². The van der Waals surface area contributed by atoms with Gasteiger partial charge in [-0.1, -0.05) is 6.07 Å². The van der Waals surface area contributed by atoms with Crippen molar-refractivity contribution in [1.82, 2.24) is 15.5 Å². The summed E-state index contributed by atoms with van der Waals surface area (Å²) < 4.78 is 0. The number of fused-ring (bicyclic) bond motifs is 1. The van der Waals surface area contributed by atoms with Crippen LogP contribution in [0.3, 0.4) is 0 Å². The highest BCUT2D eigenvalue weighted by Crippen LogP contribution is 2.29. The van der Waals surface area contributed by atoms with E-state index in [0.717, 1.165) is 50.6 Å². The molecule has 3 aliphatic rings. The number of likely N-dealkylation sites (tertiary alicyclic amines) is 1. The number of nitrogens with zero attached hydrogens (tertiary/aromatic N) is 1. The van der Waals surface area contributed by atoms with Crippen LogP contribution in [0.2, 0.25) is 0 Å². The van der Waals surface area contributed by atoms with Crippen LogP contribution >= 0.6 is 24.8 Å². The maximum Gasteiger partial charge on any atom is 0.251 e. The largest absolute Gasteiger partial charge is 0.349 e. The Balaban J connectivity index is 0.000000960. The van der Waals surface area contributed by atoms with Crippen LogP contribution < -0.4 is 10.6 Å². The number of benzene rings is 1.